The number of hydrogen-bond donors (Lipinski definition) is 1. The van der Waals surface area contributed by atoms with Crippen molar-refractivity contribution in [2.45, 2.75) is 59.5 Å². The van der Waals surface area contributed by atoms with Crippen LogP contribution < -0.4 is 5.32 Å². The quantitative estimate of drug-likeness (QED) is 0.860. The molecule has 0 aliphatic carbocycles. The summed E-state index contributed by atoms with van der Waals surface area (Å²) in [4.78, 5) is 2.65. The van der Waals surface area contributed by atoms with Gasteiger partial charge in [-0.15, -0.1) is 0 Å². The second-order valence-corrected chi connectivity index (χ2v) is 6.55. The summed E-state index contributed by atoms with van der Waals surface area (Å²) in [5.74, 6) is 2.75. The first-order chi connectivity index (χ1) is 9.49. The van der Waals surface area contributed by atoms with Crippen LogP contribution >= 0.6 is 0 Å². The van der Waals surface area contributed by atoms with E-state index in [0.717, 1.165) is 18.1 Å². The van der Waals surface area contributed by atoms with Gasteiger partial charge in [-0.3, -0.25) is 4.90 Å². The Labute approximate surface area is 123 Å². The first kappa shape index (κ1) is 15.6. The highest BCUT2D eigenvalue weighted by molar-refractivity contribution is 5.23. The van der Waals surface area contributed by atoms with Gasteiger partial charge in [0.2, 0.25) is 0 Å². The van der Waals surface area contributed by atoms with E-state index >= 15 is 0 Å². The van der Waals surface area contributed by atoms with Crippen molar-refractivity contribution in [2.24, 2.45) is 5.92 Å². The van der Waals surface area contributed by atoms with E-state index in [0.29, 0.717) is 18.0 Å². The molecule has 0 spiro atoms. The van der Waals surface area contributed by atoms with E-state index < -0.39 is 0 Å². The summed E-state index contributed by atoms with van der Waals surface area (Å²) in [6, 6.07) is 3.16. The second-order valence-electron chi connectivity index (χ2n) is 6.55. The molecule has 1 fully saturated rings. The fourth-order valence-corrected chi connectivity index (χ4v) is 3.35. The van der Waals surface area contributed by atoms with E-state index in [1.165, 1.54) is 31.5 Å². The van der Waals surface area contributed by atoms with Crippen LogP contribution in [0, 0.1) is 19.8 Å². The van der Waals surface area contributed by atoms with Gasteiger partial charge in [-0.2, -0.15) is 0 Å². The SMILES string of the molecule is Cc1cc(C(C)NCC(C(C)C)N2CCCC2)c(C)o1. The number of likely N-dealkylation sites (tertiary alicyclic amines) is 1. The first-order valence-electron chi connectivity index (χ1n) is 8.03. The van der Waals surface area contributed by atoms with E-state index in [1.54, 1.807) is 0 Å². The third kappa shape index (κ3) is 3.64. The lowest BCUT2D eigenvalue weighted by Crippen LogP contribution is -2.44. The number of hydrogen-bond acceptors (Lipinski definition) is 3. The molecule has 1 aromatic heterocycles. The molecule has 3 nitrogen and oxygen atoms in total. The van der Waals surface area contributed by atoms with Gasteiger partial charge in [-0.25, -0.2) is 0 Å². The molecule has 2 unspecified atom stereocenters. The van der Waals surface area contributed by atoms with Crippen LogP contribution in [0.5, 0.6) is 0 Å². The van der Waals surface area contributed by atoms with E-state index in [4.69, 9.17) is 4.42 Å². The number of nitrogens with one attached hydrogen (secondary N) is 1. The van der Waals surface area contributed by atoms with Crippen molar-refractivity contribution in [3.63, 3.8) is 0 Å². The van der Waals surface area contributed by atoms with Crippen LogP contribution in [0.4, 0.5) is 0 Å². The molecule has 0 aromatic carbocycles. The number of aryl methyl sites for hydroxylation is 2. The van der Waals surface area contributed by atoms with Crippen LogP contribution in [-0.2, 0) is 0 Å². The average Bonchev–Trinajstić information content (AvgIpc) is 2.99. The molecule has 0 bridgehead atoms. The minimum atomic E-state index is 0.358. The normalized spacial score (nSPS) is 19.7. The summed E-state index contributed by atoms with van der Waals surface area (Å²) in [5.41, 5.74) is 1.30. The van der Waals surface area contributed by atoms with Gasteiger partial charge in [0.15, 0.2) is 0 Å². The fraction of sp³-hybridized carbons (Fsp3) is 0.765. The van der Waals surface area contributed by atoms with E-state index in [-0.39, 0.29) is 0 Å². The number of rotatable bonds is 6. The molecule has 2 atom stereocenters. The molecule has 2 rings (SSSR count). The Morgan fingerprint density at radius 2 is 1.85 bits per heavy atom. The molecule has 1 N–H and O–H groups in total. The molecule has 0 saturated carbocycles. The third-order valence-corrected chi connectivity index (χ3v) is 4.56. The zero-order valence-electron chi connectivity index (χ0n) is 13.7. The van der Waals surface area contributed by atoms with Crippen LogP contribution in [0.1, 0.15) is 56.7 Å². The van der Waals surface area contributed by atoms with Crippen LogP contribution in [0.15, 0.2) is 10.5 Å². The fourth-order valence-electron chi connectivity index (χ4n) is 3.35. The summed E-state index contributed by atoms with van der Waals surface area (Å²) < 4.78 is 5.64. The summed E-state index contributed by atoms with van der Waals surface area (Å²) in [5, 5.41) is 3.71. The van der Waals surface area contributed by atoms with Crippen molar-refractivity contribution >= 4 is 0 Å². The Morgan fingerprint density at radius 1 is 1.20 bits per heavy atom. The van der Waals surface area contributed by atoms with Crippen molar-refractivity contribution in [3.8, 4) is 0 Å². The highest BCUT2D eigenvalue weighted by Gasteiger charge is 2.25. The van der Waals surface area contributed by atoms with Crippen molar-refractivity contribution in [2.75, 3.05) is 19.6 Å². The van der Waals surface area contributed by atoms with E-state index in [1.807, 2.05) is 6.92 Å². The van der Waals surface area contributed by atoms with Crippen molar-refractivity contribution in [1.29, 1.82) is 0 Å². The smallest absolute Gasteiger partial charge is 0.105 e. The van der Waals surface area contributed by atoms with Crippen molar-refractivity contribution in [1.82, 2.24) is 10.2 Å². The maximum atomic E-state index is 5.64. The minimum Gasteiger partial charge on any atom is -0.466 e. The third-order valence-electron chi connectivity index (χ3n) is 4.56. The van der Waals surface area contributed by atoms with E-state index in [2.05, 4.69) is 44.0 Å². The molecular formula is C17H30N2O. The predicted molar refractivity (Wildman–Crippen MR) is 84.0 cm³/mol. The lowest BCUT2D eigenvalue weighted by atomic mass is 10.0. The predicted octanol–water partition coefficient (Wildman–Crippen LogP) is 3.67. The van der Waals surface area contributed by atoms with Crippen LogP contribution in [0.2, 0.25) is 0 Å². The number of furan rings is 1. The Hall–Kier alpha value is -0.800. The zero-order chi connectivity index (χ0) is 14.7. The van der Waals surface area contributed by atoms with Crippen molar-refractivity contribution < 1.29 is 4.42 Å². The van der Waals surface area contributed by atoms with Gasteiger partial charge in [0.05, 0.1) is 0 Å². The Balaban J connectivity index is 1.93. The second kappa shape index (κ2) is 6.77. The van der Waals surface area contributed by atoms with Crippen LogP contribution in [0.25, 0.3) is 0 Å². The minimum absolute atomic E-state index is 0.358. The van der Waals surface area contributed by atoms with Gasteiger partial charge >= 0.3 is 0 Å². The van der Waals surface area contributed by atoms with Gasteiger partial charge in [-0.05, 0) is 58.7 Å². The molecule has 1 aliphatic rings. The van der Waals surface area contributed by atoms with Gasteiger partial charge < -0.3 is 9.73 Å². The van der Waals surface area contributed by atoms with Crippen LogP contribution in [0.3, 0.4) is 0 Å². The molecule has 1 saturated heterocycles. The summed E-state index contributed by atoms with van der Waals surface area (Å²) in [6.07, 6.45) is 2.72. The zero-order valence-corrected chi connectivity index (χ0v) is 13.7. The molecule has 20 heavy (non-hydrogen) atoms. The molecule has 1 aliphatic heterocycles. The molecular weight excluding hydrogens is 248 g/mol. The topological polar surface area (TPSA) is 28.4 Å². The molecule has 0 amide bonds. The molecule has 2 heterocycles. The first-order valence-corrected chi connectivity index (χ1v) is 8.03. The Bertz CT molecular complexity index is 419. The summed E-state index contributed by atoms with van der Waals surface area (Å²) in [7, 11) is 0. The van der Waals surface area contributed by atoms with Crippen LogP contribution in [-0.4, -0.2) is 30.6 Å². The monoisotopic (exact) mass is 278 g/mol. The summed E-state index contributed by atoms with van der Waals surface area (Å²) in [6.45, 7) is 14.6. The maximum absolute atomic E-state index is 5.64. The maximum Gasteiger partial charge on any atom is 0.105 e. The average molecular weight is 278 g/mol. The molecule has 114 valence electrons. The molecule has 1 aromatic rings. The van der Waals surface area contributed by atoms with E-state index in [9.17, 15) is 0 Å². The Kier molecular flexibility index (Phi) is 5.28. The molecule has 0 radical (unpaired) electrons. The standard InChI is InChI=1S/C17H30N2O/c1-12(2)17(19-8-6-7-9-19)11-18-14(4)16-10-13(3)20-15(16)5/h10,12,14,17-18H,6-9,11H2,1-5H3. The summed E-state index contributed by atoms with van der Waals surface area (Å²) >= 11 is 0. The van der Waals surface area contributed by atoms with Crippen molar-refractivity contribution in [3.05, 3.63) is 23.2 Å². The number of nitrogens with zero attached hydrogens (tertiary/aromatic N) is 1. The lowest BCUT2D eigenvalue weighted by molar-refractivity contribution is 0.183. The van der Waals surface area contributed by atoms with Gasteiger partial charge in [0.25, 0.3) is 0 Å². The van der Waals surface area contributed by atoms with Gasteiger partial charge in [0, 0.05) is 24.2 Å². The Morgan fingerprint density at radius 3 is 2.35 bits per heavy atom. The largest absolute Gasteiger partial charge is 0.466 e. The van der Waals surface area contributed by atoms with Gasteiger partial charge in [-0.1, -0.05) is 13.8 Å². The van der Waals surface area contributed by atoms with Gasteiger partial charge in [0.1, 0.15) is 11.5 Å². The lowest BCUT2D eigenvalue weighted by Gasteiger charge is -2.32. The highest BCUT2D eigenvalue weighted by Crippen LogP contribution is 2.22. The molecule has 3 heteroatoms. The highest BCUT2D eigenvalue weighted by atomic mass is 16.3.